The van der Waals surface area contributed by atoms with E-state index in [1.807, 2.05) is 6.92 Å². The first-order valence-electron chi connectivity index (χ1n) is 4.59. The molecule has 0 aliphatic carbocycles. The molecule has 2 rings (SSSR count). The average Bonchev–Trinajstić information content (AvgIpc) is 2.57. The molecule has 0 saturated carbocycles. The van der Waals surface area contributed by atoms with Gasteiger partial charge in [0.2, 0.25) is 0 Å². The number of nitrogens with two attached hydrogens (primary N) is 1. The molecular weight excluding hydrogens is 234 g/mol. The van der Waals surface area contributed by atoms with Crippen LogP contribution in [0.3, 0.4) is 0 Å². The SMILES string of the molecule is CC1(Nc2ncc(N)s2)CCS(=O)(=O)C1. The molecule has 15 heavy (non-hydrogen) atoms. The summed E-state index contributed by atoms with van der Waals surface area (Å²) in [5, 5.41) is 4.46. The number of rotatable bonds is 2. The molecule has 1 fully saturated rings. The summed E-state index contributed by atoms with van der Waals surface area (Å²) in [6.45, 7) is 1.90. The third-order valence-electron chi connectivity index (χ3n) is 2.44. The van der Waals surface area contributed by atoms with Gasteiger partial charge in [-0.15, -0.1) is 0 Å². The quantitative estimate of drug-likeness (QED) is 0.804. The van der Waals surface area contributed by atoms with Gasteiger partial charge in [-0.1, -0.05) is 11.3 Å². The van der Waals surface area contributed by atoms with Gasteiger partial charge in [-0.3, -0.25) is 0 Å². The number of aromatic nitrogens is 1. The van der Waals surface area contributed by atoms with Crippen molar-refractivity contribution >= 4 is 31.3 Å². The lowest BCUT2D eigenvalue weighted by molar-refractivity contribution is 0.573. The van der Waals surface area contributed by atoms with Crippen LogP contribution >= 0.6 is 11.3 Å². The zero-order valence-corrected chi connectivity index (χ0v) is 9.99. The van der Waals surface area contributed by atoms with E-state index < -0.39 is 15.4 Å². The predicted octanol–water partition coefficient (Wildman–Crippen LogP) is 0.714. The third kappa shape index (κ3) is 2.40. The maximum absolute atomic E-state index is 11.4. The summed E-state index contributed by atoms with van der Waals surface area (Å²) in [5.74, 6) is 0.414. The Balaban J connectivity index is 2.13. The van der Waals surface area contributed by atoms with Crippen LogP contribution < -0.4 is 11.1 Å². The molecule has 1 aliphatic rings. The predicted molar refractivity (Wildman–Crippen MR) is 61.8 cm³/mol. The van der Waals surface area contributed by atoms with E-state index in [0.29, 0.717) is 16.6 Å². The summed E-state index contributed by atoms with van der Waals surface area (Å²) >= 11 is 1.33. The summed E-state index contributed by atoms with van der Waals surface area (Å²) < 4.78 is 22.7. The minimum Gasteiger partial charge on any atom is -0.389 e. The van der Waals surface area contributed by atoms with Crippen molar-refractivity contribution in [2.75, 3.05) is 22.6 Å². The van der Waals surface area contributed by atoms with Crippen LogP contribution in [-0.2, 0) is 9.84 Å². The molecule has 1 aromatic heterocycles. The Kier molecular flexibility index (Phi) is 2.38. The molecule has 0 spiro atoms. The van der Waals surface area contributed by atoms with Crippen LogP contribution in [0.15, 0.2) is 6.20 Å². The molecule has 1 atom stereocenters. The van der Waals surface area contributed by atoms with E-state index in [-0.39, 0.29) is 11.5 Å². The Hall–Kier alpha value is -0.820. The van der Waals surface area contributed by atoms with Crippen LogP contribution in [0.25, 0.3) is 0 Å². The lowest BCUT2D eigenvalue weighted by Gasteiger charge is -2.23. The maximum Gasteiger partial charge on any atom is 0.185 e. The van der Waals surface area contributed by atoms with Gasteiger partial charge in [0.05, 0.1) is 23.2 Å². The Morgan fingerprint density at radius 3 is 2.87 bits per heavy atom. The van der Waals surface area contributed by atoms with E-state index in [1.165, 1.54) is 11.3 Å². The monoisotopic (exact) mass is 247 g/mol. The van der Waals surface area contributed by atoms with Crippen LogP contribution in [-0.4, -0.2) is 30.4 Å². The highest BCUT2D eigenvalue weighted by atomic mass is 32.2. The lowest BCUT2D eigenvalue weighted by atomic mass is 10.0. The third-order valence-corrected chi connectivity index (χ3v) is 5.08. The molecule has 0 bridgehead atoms. The van der Waals surface area contributed by atoms with E-state index >= 15 is 0 Å². The van der Waals surface area contributed by atoms with E-state index in [4.69, 9.17) is 5.73 Å². The minimum atomic E-state index is -2.88. The average molecular weight is 247 g/mol. The Morgan fingerprint density at radius 1 is 1.67 bits per heavy atom. The smallest absolute Gasteiger partial charge is 0.185 e. The fraction of sp³-hybridized carbons (Fsp3) is 0.625. The molecule has 5 nitrogen and oxygen atoms in total. The summed E-state index contributed by atoms with van der Waals surface area (Å²) in [5.41, 5.74) is 5.15. The maximum atomic E-state index is 11.4. The molecule has 0 amide bonds. The molecule has 1 unspecified atom stereocenters. The standard InChI is InChI=1S/C8H13N3O2S2/c1-8(2-3-15(12,13)5-8)11-7-10-4-6(9)14-7/h4H,2-3,5,9H2,1H3,(H,10,11). The molecule has 3 N–H and O–H groups in total. The van der Waals surface area contributed by atoms with E-state index in [2.05, 4.69) is 10.3 Å². The molecule has 0 aromatic carbocycles. The molecule has 84 valence electrons. The van der Waals surface area contributed by atoms with Crippen molar-refractivity contribution in [2.45, 2.75) is 18.9 Å². The number of nitrogens with zero attached hydrogens (tertiary/aromatic N) is 1. The van der Waals surface area contributed by atoms with Gasteiger partial charge >= 0.3 is 0 Å². The second-order valence-corrected chi connectivity index (χ2v) is 7.34. The molecule has 0 radical (unpaired) electrons. The summed E-state index contributed by atoms with van der Waals surface area (Å²) in [6, 6.07) is 0. The van der Waals surface area contributed by atoms with E-state index in [1.54, 1.807) is 6.20 Å². The van der Waals surface area contributed by atoms with Crippen LogP contribution in [0.1, 0.15) is 13.3 Å². The van der Waals surface area contributed by atoms with Crippen LogP contribution in [0.4, 0.5) is 10.1 Å². The van der Waals surface area contributed by atoms with Gasteiger partial charge in [-0.2, -0.15) is 0 Å². The van der Waals surface area contributed by atoms with Gasteiger partial charge in [0.25, 0.3) is 0 Å². The Bertz CT molecular complexity index is 468. The number of sulfone groups is 1. The summed E-state index contributed by atoms with van der Waals surface area (Å²) in [6.07, 6.45) is 2.19. The highest BCUT2D eigenvalue weighted by Crippen LogP contribution is 2.29. The Labute approximate surface area is 92.6 Å². The van der Waals surface area contributed by atoms with Gasteiger partial charge in [-0.05, 0) is 13.3 Å². The fourth-order valence-electron chi connectivity index (χ4n) is 1.71. The van der Waals surface area contributed by atoms with Crippen LogP contribution in [0.2, 0.25) is 0 Å². The number of anilines is 2. The van der Waals surface area contributed by atoms with Crippen molar-refractivity contribution < 1.29 is 8.42 Å². The number of nitrogen functional groups attached to an aromatic ring is 1. The van der Waals surface area contributed by atoms with Gasteiger partial charge in [0.1, 0.15) is 5.00 Å². The lowest BCUT2D eigenvalue weighted by Crippen LogP contribution is -2.35. The van der Waals surface area contributed by atoms with Crippen molar-refractivity contribution in [3.05, 3.63) is 6.20 Å². The minimum absolute atomic E-state index is 0.166. The van der Waals surface area contributed by atoms with Crippen molar-refractivity contribution in [3.8, 4) is 0 Å². The molecule has 1 aromatic rings. The van der Waals surface area contributed by atoms with Gasteiger partial charge in [0, 0.05) is 0 Å². The topological polar surface area (TPSA) is 85.1 Å². The number of nitrogens with one attached hydrogen (secondary N) is 1. The van der Waals surface area contributed by atoms with Crippen molar-refractivity contribution in [1.29, 1.82) is 0 Å². The largest absolute Gasteiger partial charge is 0.389 e. The number of thiazole rings is 1. The highest BCUT2D eigenvalue weighted by molar-refractivity contribution is 7.91. The first-order chi connectivity index (χ1) is 6.89. The molecule has 1 saturated heterocycles. The second-order valence-electron chi connectivity index (χ2n) is 4.10. The summed E-state index contributed by atoms with van der Waals surface area (Å²) in [4.78, 5) is 4.06. The number of hydrogen-bond donors (Lipinski definition) is 2. The van der Waals surface area contributed by atoms with Crippen LogP contribution in [0, 0.1) is 0 Å². The first-order valence-corrected chi connectivity index (χ1v) is 7.22. The van der Waals surface area contributed by atoms with Gasteiger partial charge in [-0.25, -0.2) is 13.4 Å². The van der Waals surface area contributed by atoms with Crippen molar-refractivity contribution in [3.63, 3.8) is 0 Å². The summed E-state index contributed by atoms with van der Waals surface area (Å²) in [7, 11) is -2.88. The van der Waals surface area contributed by atoms with Crippen molar-refractivity contribution in [2.24, 2.45) is 0 Å². The zero-order chi connectivity index (χ0) is 11.1. The Morgan fingerprint density at radius 2 is 2.40 bits per heavy atom. The number of hydrogen-bond acceptors (Lipinski definition) is 6. The van der Waals surface area contributed by atoms with E-state index in [9.17, 15) is 8.42 Å². The molecule has 2 heterocycles. The fourth-order valence-corrected chi connectivity index (χ4v) is 4.54. The zero-order valence-electron chi connectivity index (χ0n) is 8.36. The highest BCUT2D eigenvalue weighted by Gasteiger charge is 2.38. The molecular formula is C8H13N3O2S2. The normalized spacial score (nSPS) is 29.1. The second kappa shape index (κ2) is 3.34. The first kappa shape index (κ1) is 10.7. The molecule has 7 heteroatoms. The van der Waals surface area contributed by atoms with E-state index in [0.717, 1.165) is 0 Å². The van der Waals surface area contributed by atoms with Crippen LogP contribution in [0.5, 0.6) is 0 Å². The van der Waals surface area contributed by atoms with Crippen molar-refractivity contribution in [1.82, 2.24) is 4.98 Å². The molecule has 1 aliphatic heterocycles. The van der Waals surface area contributed by atoms with Gasteiger partial charge < -0.3 is 11.1 Å². The van der Waals surface area contributed by atoms with Gasteiger partial charge in [0.15, 0.2) is 15.0 Å².